The molecule has 2 rings (SSSR count). The summed E-state index contributed by atoms with van der Waals surface area (Å²) < 4.78 is 13.5. The SMILES string of the molecule is NC(Cc1ccc(F)c(Br)c1)c1ncc[nH]1. The van der Waals surface area contributed by atoms with Crippen LogP contribution in [0.3, 0.4) is 0 Å². The van der Waals surface area contributed by atoms with Crippen LogP contribution < -0.4 is 5.73 Å². The molecule has 0 saturated heterocycles. The third-order valence-corrected chi connectivity index (χ3v) is 2.92. The van der Waals surface area contributed by atoms with Crippen molar-refractivity contribution in [3.8, 4) is 0 Å². The Morgan fingerprint density at radius 2 is 2.31 bits per heavy atom. The van der Waals surface area contributed by atoms with Gasteiger partial charge in [-0.1, -0.05) is 6.07 Å². The Morgan fingerprint density at radius 3 is 2.94 bits per heavy atom. The maximum absolute atomic E-state index is 13.0. The van der Waals surface area contributed by atoms with E-state index in [1.807, 2.05) is 0 Å². The third kappa shape index (κ3) is 2.48. The number of nitrogens with one attached hydrogen (secondary N) is 1. The first kappa shape index (κ1) is 11.3. The summed E-state index contributed by atoms with van der Waals surface area (Å²) in [6.45, 7) is 0. The molecule has 2 aromatic rings. The van der Waals surface area contributed by atoms with E-state index < -0.39 is 0 Å². The van der Waals surface area contributed by atoms with Crippen LogP contribution in [-0.2, 0) is 6.42 Å². The van der Waals surface area contributed by atoms with E-state index in [1.165, 1.54) is 6.07 Å². The maximum Gasteiger partial charge on any atom is 0.137 e. The minimum atomic E-state index is -0.268. The largest absolute Gasteiger partial charge is 0.347 e. The van der Waals surface area contributed by atoms with Gasteiger partial charge < -0.3 is 10.7 Å². The number of H-pyrrole nitrogens is 1. The molecular formula is C11H11BrFN3. The number of halogens is 2. The van der Waals surface area contributed by atoms with Crippen LogP contribution >= 0.6 is 15.9 Å². The second-order valence-electron chi connectivity index (χ2n) is 3.53. The average Bonchev–Trinajstić information content (AvgIpc) is 2.77. The molecule has 0 aliphatic carbocycles. The molecular weight excluding hydrogens is 273 g/mol. The molecule has 84 valence electrons. The van der Waals surface area contributed by atoms with Crippen molar-refractivity contribution in [3.63, 3.8) is 0 Å². The molecule has 0 fully saturated rings. The summed E-state index contributed by atoms with van der Waals surface area (Å²) in [6.07, 6.45) is 4.01. The van der Waals surface area contributed by atoms with Gasteiger partial charge in [0, 0.05) is 12.4 Å². The quantitative estimate of drug-likeness (QED) is 0.910. The fraction of sp³-hybridized carbons (Fsp3) is 0.182. The smallest absolute Gasteiger partial charge is 0.137 e. The summed E-state index contributed by atoms with van der Waals surface area (Å²) in [5.74, 6) is 0.468. The van der Waals surface area contributed by atoms with Crippen LogP contribution in [0.25, 0.3) is 0 Å². The number of hydrogen-bond donors (Lipinski definition) is 2. The van der Waals surface area contributed by atoms with Gasteiger partial charge in [-0.05, 0) is 40.0 Å². The monoisotopic (exact) mass is 283 g/mol. The van der Waals surface area contributed by atoms with Crippen LogP contribution in [0.2, 0.25) is 0 Å². The van der Waals surface area contributed by atoms with Gasteiger partial charge in [-0.3, -0.25) is 0 Å². The second-order valence-corrected chi connectivity index (χ2v) is 4.39. The highest BCUT2D eigenvalue weighted by molar-refractivity contribution is 9.10. The van der Waals surface area contributed by atoms with Crippen molar-refractivity contribution in [1.29, 1.82) is 0 Å². The summed E-state index contributed by atoms with van der Waals surface area (Å²) in [4.78, 5) is 7.05. The fourth-order valence-corrected chi connectivity index (χ4v) is 1.92. The Bertz CT molecular complexity index is 470. The summed E-state index contributed by atoms with van der Waals surface area (Å²) in [5, 5.41) is 0. The number of aromatic amines is 1. The summed E-state index contributed by atoms with van der Waals surface area (Å²) in [6, 6.07) is 4.68. The van der Waals surface area contributed by atoms with Gasteiger partial charge in [-0.25, -0.2) is 9.37 Å². The number of rotatable bonds is 3. The molecule has 1 aromatic carbocycles. The van der Waals surface area contributed by atoms with Crippen LogP contribution in [0, 0.1) is 5.82 Å². The van der Waals surface area contributed by atoms with Gasteiger partial charge >= 0.3 is 0 Å². The standard InChI is InChI=1S/C11H11BrFN3/c12-8-5-7(1-2-9(8)13)6-10(14)11-15-3-4-16-11/h1-5,10H,6,14H2,(H,15,16). The number of imidazole rings is 1. The molecule has 0 aliphatic rings. The number of aromatic nitrogens is 2. The Balaban J connectivity index is 2.12. The van der Waals surface area contributed by atoms with E-state index in [0.717, 1.165) is 11.4 Å². The zero-order valence-electron chi connectivity index (χ0n) is 8.45. The van der Waals surface area contributed by atoms with Crippen molar-refractivity contribution in [1.82, 2.24) is 9.97 Å². The van der Waals surface area contributed by atoms with Crippen LogP contribution in [0.5, 0.6) is 0 Å². The lowest BCUT2D eigenvalue weighted by Gasteiger charge is -2.09. The number of nitrogens with zero attached hydrogens (tertiary/aromatic N) is 1. The number of nitrogens with two attached hydrogens (primary N) is 1. The minimum absolute atomic E-state index is 0.202. The predicted octanol–water partition coefficient (Wildman–Crippen LogP) is 2.55. The first-order chi connectivity index (χ1) is 7.66. The highest BCUT2D eigenvalue weighted by Gasteiger charge is 2.10. The van der Waals surface area contributed by atoms with E-state index >= 15 is 0 Å². The van der Waals surface area contributed by atoms with Crippen LogP contribution in [-0.4, -0.2) is 9.97 Å². The molecule has 0 radical (unpaired) electrons. The van der Waals surface area contributed by atoms with Gasteiger partial charge in [-0.15, -0.1) is 0 Å². The van der Waals surface area contributed by atoms with E-state index in [9.17, 15) is 4.39 Å². The molecule has 0 bridgehead atoms. The molecule has 1 aromatic heterocycles. The molecule has 3 nitrogen and oxygen atoms in total. The predicted molar refractivity (Wildman–Crippen MR) is 63.3 cm³/mol. The first-order valence-electron chi connectivity index (χ1n) is 4.85. The van der Waals surface area contributed by atoms with Gasteiger partial charge in [0.1, 0.15) is 11.6 Å². The average molecular weight is 284 g/mol. The summed E-state index contributed by atoms with van der Waals surface area (Å²) in [7, 11) is 0. The number of benzene rings is 1. The molecule has 16 heavy (non-hydrogen) atoms. The third-order valence-electron chi connectivity index (χ3n) is 2.31. The van der Waals surface area contributed by atoms with E-state index in [2.05, 4.69) is 25.9 Å². The van der Waals surface area contributed by atoms with Gasteiger partial charge in [0.25, 0.3) is 0 Å². The molecule has 3 N–H and O–H groups in total. The van der Waals surface area contributed by atoms with Crippen molar-refractivity contribution in [2.75, 3.05) is 0 Å². The highest BCUT2D eigenvalue weighted by atomic mass is 79.9. The van der Waals surface area contributed by atoms with Crippen molar-refractivity contribution < 1.29 is 4.39 Å². The Morgan fingerprint density at radius 1 is 1.50 bits per heavy atom. The molecule has 0 spiro atoms. The van der Waals surface area contributed by atoms with Gasteiger partial charge in [0.2, 0.25) is 0 Å². The molecule has 0 amide bonds. The molecule has 1 atom stereocenters. The molecule has 0 saturated carbocycles. The minimum Gasteiger partial charge on any atom is -0.347 e. The van der Waals surface area contributed by atoms with E-state index in [0.29, 0.717) is 10.9 Å². The number of hydrogen-bond acceptors (Lipinski definition) is 2. The molecule has 0 aliphatic heterocycles. The lowest BCUT2D eigenvalue weighted by molar-refractivity contribution is 0.617. The normalized spacial score (nSPS) is 12.7. The Kier molecular flexibility index (Phi) is 3.36. The summed E-state index contributed by atoms with van der Waals surface area (Å²) >= 11 is 3.15. The topological polar surface area (TPSA) is 54.7 Å². The van der Waals surface area contributed by atoms with E-state index in [1.54, 1.807) is 24.5 Å². The first-order valence-corrected chi connectivity index (χ1v) is 5.65. The maximum atomic E-state index is 13.0. The second kappa shape index (κ2) is 4.76. The molecule has 5 heteroatoms. The summed E-state index contributed by atoms with van der Waals surface area (Å²) in [5.41, 5.74) is 6.93. The van der Waals surface area contributed by atoms with Crippen molar-refractivity contribution >= 4 is 15.9 Å². The zero-order chi connectivity index (χ0) is 11.5. The van der Waals surface area contributed by atoms with Gasteiger partial charge in [0.05, 0.1) is 10.5 Å². The van der Waals surface area contributed by atoms with Crippen molar-refractivity contribution in [2.45, 2.75) is 12.5 Å². The lowest BCUT2D eigenvalue weighted by atomic mass is 10.1. The zero-order valence-corrected chi connectivity index (χ0v) is 10.0. The fourth-order valence-electron chi connectivity index (χ4n) is 1.50. The van der Waals surface area contributed by atoms with Gasteiger partial charge in [-0.2, -0.15) is 0 Å². The highest BCUT2D eigenvalue weighted by Crippen LogP contribution is 2.19. The van der Waals surface area contributed by atoms with E-state index in [4.69, 9.17) is 5.73 Å². The molecule has 1 unspecified atom stereocenters. The van der Waals surface area contributed by atoms with E-state index in [-0.39, 0.29) is 11.9 Å². The van der Waals surface area contributed by atoms with Gasteiger partial charge in [0.15, 0.2) is 0 Å². The molecule has 1 heterocycles. The Labute approximate surface area is 101 Å². The van der Waals surface area contributed by atoms with Crippen molar-refractivity contribution in [3.05, 3.63) is 52.3 Å². The van der Waals surface area contributed by atoms with Crippen LogP contribution in [0.1, 0.15) is 17.4 Å². The van der Waals surface area contributed by atoms with Crippen LogP contribution in [0.4, 0.5) is 4.39 Å². The Hall–Kier alpha value is -1.20. The van der Waals surface area contributed by atoms with Crippen LogP contribution in [0.15, 0.2) is 35.1 Å². The lowest BCUT2D eigenvalue weighted by Crippen LogP contribution is -2.14. The van der Waals surface area contributed by atoms with Crippen molar-refractivity contribution in [2.24, 2.45) is 5.73 Å².